The van der Waals surface area contributed by atoms with Gasteiger partial charge in [-0.05, 0) is 44.0 Å². The lowest BCUT2D eigenvalue weighted by molar-refractivity contribution is 0.280. The standard InChI is InChI=1S/C22H27F2N5O/c1-5-13(2)6-16-11-27-21(29-20(25)7-14(3)26-4)10-19(16)28-22-17(23)8-15(12-30)9-18(22)24/h6-11,26,30H,5,12H2,1-4H3,(H3,25,27,28,29)/b13-6?,14-7-. The Balaban J connectivity index is 2.53. The Hall–Kier alpha value is -3.26. The summed E-state index contributed by atoms with van der Waals surface area (Å²) in [6.45, 7) is 5.35. The fraction of sp³-hybridized carbons (Fsp3) is 0.273. The highest BCUT2D eigenvalue weighted by Gasteiger charge is 2.14. The molecule has 2 rings (SSSR count). The number of nitrogens with one attached hydrogen (secondary N) is 2. The lowest BCUT2D eigenvalue weighted by Gasteiger charge is -2.13. The number of hydrogen-bond acceptors (Lipinski definition) is 5. The fourth-order valence-electron chi connectivity index (χ4n) is 2.54. The monoisotopic (exact) mass is 415 g/mol. The van der Waals surface area contributed by atoms with Crippen molar-refractivity contribution in [1.82, 2.24) is 10.3 Å². The molecule has 2 aromatic rings. The number of aliphatic imine (C=N–C) groups is 1. The van der Waals surface area contributed by atoms with Crippen molar-refractivity contribution >= 4 is 29.1 Å². The van der Waals surface area contributed by atoms with E-state index < -0.39 is 18.2 Å². The first-order chi connectivity index (χ1) is 14.3. The first kappa shape index (κ1) is 23.0. The first-order valence-electron chi connectivity index (χ1n) is 9.50. The van der Waals surface area contributed by atoms with Crippen LogP contribution in [-0.4, -0.2) is 23.0 Å². The van der Waals surface area contributed by atoms with Crippen molar-refractivity contribution in [3.63, 3.8) is 0 Å². The number of nitrogens with two attached hydrogens (primary N) is 1. The zero-order valence-corrected chi connectivity index (χ0v) is 17.6. The van der Waals surface area contributed by atoms with Crippen molar-refractivity contribution < 1.29 is 13.9 Å². The molecule has 0 radical (unpaired) electrons. The number of aliphatic hydroxyl groups excluding tert-OH is 1. The van der Waals surface area contributed by atoms with E-state index in [0.717, 1.165) is 29.8 Å². The summed E-state index contributed by atoms with van der Waals surface area (Å²) >= 11 is 0. The zero-order chi connectivity index (χ0) is 22.3. The van der Waals surface area contributed by atoms with Crippen LogP contribution in [0, 0.1) is 11.6 Å². The maximum atomic E-state index is 14.4. The zero-order valence-electron chi connectivity index (χ0n) is 17.6. The van der Waals surface area contributed by atoms with Crippen molar-refractivity contribution in [2.45, 2.75) is 33.8 Å². The second kappa shape index (κ2) is 10.5. The van der Waals surface area contributed by atoms with Crippen LogP contribution in [0.5, 0.6) is 0 Å². The van der Waals surface area contributed by atoms with E-state index in [1.54, 1.807) is 25.4 Å². The highest BCUT2D eigenvalue weighted by Crippen LogP contribution is 2.30. The molecule has 0 saturated carbocycles. The van der Waals surface area contributed by atoms with E-state index >= 15 is 0 Å². The molecular weight excluding hydrogens is 388 g/mol. The Kier molecular flexibility index (Phi) is 8.06. The minimum Gasteiger partial charge on any atom is -0.392 e. The van der Waals surface area contributed by atoms with E-state index in [1.165, 1.54) is 0 Å². The van der Waals surface area contributed by atoms with E-state index in [1.807, 2.05) is 26.8 Å². The molecule has 8 heteroatoms. The van der Waals surface area contributed by atoms with Crippen LogP contribution in [0.4, 0.5) is 26.0 Å². The summed E-state index contributed by atoms with van der Waals surface area (Å²) in [4.78, 5) is 8.54. The molecule has 0 aliphatic carbocycles. The summed E-state index contributed by atoms with van der Waals surface area (Å²) < 4.78 is 28.9. The topological polar surface area (TPSA) is 95.6 Å². The SMILES string of the molecule is CCC(C)=Cc1cnc(N=C(N)/C=C(/C)NC)cc1Nc1c(F)cc(CO)cc1F. The normalized spacial score (nSPS) is 12.8. The van der Waals surface area contributed by atoms with Gasteiger partial charge in [0, 0.05) is 30.6 Å². The number of rotatable bonds is 8. The van der Waals surface area contributed by atoms with Gasteiger partial charge in [0.25, 0.3) is 0 Å². The fourth-order valence-corrected chi connectivity index (χ4v) is 2.54. The van der Waals surface area contributed by atoms with Crippen molar-refractivity contribution in [1.29, 1.82) is 0 Å². The highest BCUT2D eigenvalue weighted by molar-refractivity contribution is 5.93. The van der Waals surface area contributed by atoms with Gasteiger partial charge >= 0.3 is 0 Å². The van der Waals surface area contributed by atoms with Gasteiger partial charge in [-0.15, -0.1) is 0 Å². The molecule has 1 aromatic carbocycles. The van der Waals surface area contributed by atoms with E-state index in [4.69, 9.17) is 10.8 Å². The summed E-state index contributed by atoms with van der Waals surface area (Å²) in [7, 11) is 1.77. The van der Waals surface area contributed by atoms with Crippen molar-refractivity contribution in [3.8, 4) is 0 Å². The molecule has 30 heavy (non-hydrogen) atoms. The van der Waals surface area contributed by atoms with Gasteiger partial charge in [-0.2, -0.15) is 0 Å². The van der Waals surface area contributed by atoms with Crippen LogP contribution in [0.15, 0.2) is 46.7 Å². The summed E-state index contributed by atoms with van der Waals surface area (Å²) in [6, 6.07) is 3.74. The summed E-state index contributed by atoms with van der Waals surface area (Å²) in [5.41, 5.74) is 8.72. The molecule has 0 saturated heterocycles. The largest absolute Gasteiger partial charge is 0.392 e. The Morgan fingerprint density at radius 3 is 2.47 bits per heavy atom. The maximum absolute atomic E-state index is 14.4. The number of aliphatic hydroxyl groups is 1. The number of anilines is 2. The Labute approximate surface area is 175 Å². The quantitative estimate of drug-likeness (QED) is 0.376. The first-order valence-corrected chi connectivity index (χ1v) is 9.50. The second-order valence-corrected chi connectivity index (χ2v) is 6.81. The van der Waals surface area contributed by atoms with E-state index in [0.29, 0.717) is 11.3 Å². The maximum Gasteiger partial charge on any atom is 0.156 e. The minimum atomic E-state index is -0.810. The second-order valence-electron chi connectivity index (χ2n) is 6.81. The molecule has 0 amide bonds. The molecular formula is C22H27F2N5O. The van der Waals surface area contributed by atoms with Gasteiger partial charge in [0.05, 0.1) is 12.3 Å². The number of halogens is 2. The number of pyridine rings is 1. The molecule has 1 aromatic heterocycles. The van der Waals surface area contributed by atoms with E-state index in [2.05, 4.69) is 20.6 Å². The van der Waals surface area contributed by atoms with Gasteiger partial charge in [-0.25, -0.2) is 18.8 Å². The average molecular weight is 415 g/mol. The van der Waals surface area contributed by atoms with Gasteiger partial charge in [-0.1, -0.05) is 18.6 Å². The summed E-state index contributed by atoms with van der Waals surface area (Å²) in [5.74, 6) is -1.10. The molecule has 5 N–H and O–H groups in total. The molecule has 160 valence electrons. The third-order valence-corrected chi connectivity index (χ3v) is 4.43. The predicted molar refractivity (Wildman–Crippen MR) is 118 cm³/mol. The van der Waals surface area contributed by atoms with Crippen LogP contribution >= 0.6 is 0 Å². The number of allylic oxidation sites excluding steroid dienone is 2. The minimum absolute atomic E-state index is 0.150. The smallest absolute Gasteiger partial charge is 0.156 e. The van der Waals surface area contributed by atoms with Gasteiger partial charge in [0.15, 0.2) is 5.82 Å². The molecule has 0 aliphatic rings. The number of hydrogen-bond donors (Lipinski definition) is 4. The van der Waals surface area contributed by atoms with Crippen molar-refractivity contribution in [2.75, 3.05) is 12.4 Å². The molecule has 0 atom stereocenters. The molecule has 0 aliphatic heterocycles. The van der Waals surface area contributed by atoms with Gasteiger partial charge in [0.1, 0.15) is 23.2 Å². The lowest BCUT2D eigenvalue weighted by atomic mass is 10.1. The third kappa shape index (κ3) is 6.12. The number of benzene rings is 1. The number of aromatic nitrogens is 1. The Morgan fingerprint density at radius 1 is 1.23 bits per heavy atom. The summed E-state index contributed by atoms with van der Waals surface area (Å²) in [5, 5.41) is 14.9. The van der Waals surface area contributed by atoms with Crippen LogP contribution in [0.2, 0.25) is 0 Å². The van der Waals surface area contributed by atoms with Crippen molar-refractivity contribution in [3.05, 3.63) is 64.5 Å². The predicted octanol–water partition coefficient (Wildman–Crippen LogP) is 4.52. The van der Waals surface area contributed by atoms with E-state index in [-0.39, 0.29) is 22.9 Å². The average Bonchev–Trinajstić information content (AvgIpc) is 2.71. The number of amidine groups is 1. The van der Waals surface area contributed by atoms with E-state index in [9.17, 15) is 8.78 Å². The van der Waals surface area contributed by atoms with Crippen LogP contribution < -0.4 is 16.4 Å². The lowest BCUT2D eigenvalue weighted by Crippen LogP contribution is -2.12. The van der Waals surface area contributed by atoms with Gasteiger partial charge < -0.3 is 21.5 Å². The molecule has 0 unspecified atom stereocenters. The van der Waals surface area contributed by atoms with Crippen LogP contribution in [-0.2, 0) is 6.61 Å². The Bertz CT molecular complexity index is 976. The van der Waals surface area contributed by atoms with Crippen LogP contribution in [0.1, 0.15) is 38.3 Å². The third-order valence-electron chi connectivity index (χ3n) is 4.43. The van der Waals surface area contributed by atoms with Gasteiger partial charge in [-0.3, -0.25) is 0 Å². The summed E-state index contributed by atoms with van der Waals surface area (Å²) in [6.07, 6.45) is 5.92. The van der Waals surface area contributed by atoms with Gasteiger partial charge in [0.2, 0.25) is 0 Å². The molecule has 6 nitrogen and oxygen atoms in total. The highest BCUT2D eigenvalue weighted by atomic mass is 19.1. The van der Waals surface area contributed by atoms with Crippen LogP contribution in [0.3, 0.4) is 0 Å². The molecule has 0 fully saturated rings. The molecule has 0 spiro atoms. The Morgan fingerprint density at radius 2 is 1.90 bits per heavy atom. The molecule has 1 heterocycles. The number of nitrogens with zero attached hydrogens (tertiary/aromatic N) is 2. The molecule has 0 bridgehead atoms. The van der Waals surface area contributed by atoms with Crippen LogP contribution in [0.25, 0.3) is 6.08 Å². The van der Waals surface area contributed by atoms with Crippen molar-refractivity contribution in [2.24, 2.45) is 10.7 Å².